The van der Waals surface area contributed by atoms with Crippen LogP contribution in [0.4, 0.5) is 0 Å². The Bertz CT molecular complexity index is 477. The molecule has 1 aromatic carbocycles. The van der Waals surface area contributed by atoms with Crippen LogP contribution in [0.3, 0.4) is 0 Å². The lowest BCUT2D eigenvalue weighted by Gasteiger charge is -2.07. The monoisotopic (exact) mass is 278 g/mol. The molecule has 3 nitrogen and oxygen atoms in total. The van der Waals surface area contributed by atoms with Crippen LogP contribution in [0.5, 0.6) is 11.8 Å². The fraction of sp³-hybridized carbons (Fsp3) is 0.167. The second-order valence-corrected chi connectivity index (χ2v) is 4.30. The molecular formula is C12H11BrN2O. The van der Waals surface area contributed by atoms with Gasteiger partial charge in [0.05, 0.1) is 0 Å². The summed E-state index contributed by atoms with van der Waals surface area (Å²) in [7, 11) is 0. The quantitative estimate of drug-likeness (QED) is 0.841. The first-order chi connectivity index (χ1) is 7.66. The van der Waals surface area contributed by atoms with Crippen LogP contribution in [-0.2, 0) is 0 Å². The first-order valence-corrected chi connectivity index (χ1v) is 5.68. The fourth-order valence-electron chi connectivity index (χ4n) is 1.41. The lowest BCUT2D eigenvalue weighted by Crippen LogP contribution is -1.92. The summed E-state index contributed by atoms with van der Waals surface area (Å²) in [6.07, 6.45) is 3.31. The van der Waals surface area contributed by atoms with Crippen molar-refractivity contribution in [2.24, 2.45) is 0 Å². The number of aryl methyl sites for hydroxylation is 2. The molecule has 4 heteroatoms. The highest BCUT2D eigenvalue weighted by molar-refractivity contribution is 9.10. The van der Waals surface area contributed by atoms with E-state index in [1.165, 1.54) is 0 Å². The number of benzene rings is 1. The third-order valence-electron chi connectivity index (χ3n) is 2.16. The molecule has 2 aromatic rings. The molecule has 1 aromatic heterocycles. The molecule has 0 amide bonds. The normalized spacial score (nSPS) is 10.2. The van der Waals surface area contributed by atoms with Crippen molar-refractivity contribution < 1.29 is 4.74 Å². The summed E-state index contributed by atoms with van der Waals surface area (Å²) in [6.45, 7) is 4.05. The zero-order valence-corrected chi connectivity index (χ0v) is 10.7. The summed E-state index contributed by atoms with van der Waals surface area (Å²) in [6, 6.07) is 6.02. The number of hydrogen-bond donors (Lipinski definition) is 0. The van der Waals surface area contributed by atoms with Crippen molar-refractivity contribution in [2.75, 3.05) is 0 Å². The predicted molar refractivity (Wildman–Crippen MR) is 65.7 cm³/mol. The summed E-state index contributed by atoms with van der Waals surface area (Å²) >= 11 is 3.51. The van der Waals surface area contributed by atoms with Gasteiger partial charge in [-0.2, -0.15) is 0 Å². The number of nitrogens with zero attached hydrogens (tertiary/aromatic N) is 2. The van der Waals surface area contributed by atoms with Gasteiger partial charge in [0.2, 0.25) is 0 Å². The van der Waals surface area contributed by atoms with Gasteiger partial charge < -0.3 is 4.74 Å². The van der Waals surface area contributed by atoms with Crippen LogP contribution in [0.1, 0.15) is 11.1 Å². The Balaban J connectivity index is 2.29. The molecule has 16 heavy (non-hydrogen) atoms. The molecule has 0 bridgehead atoms. The van der Waals surface area contributed by atoms with E-state index in [1.54, 1.807) is 18.5 Å². The standard InChI is InChI=1S/C12H11BrN2O/c1-8-6-10(7-9(2)11(8)13)16-12-14-4-3-5-15-12/h3-7H,1-2H3. The number of aromatic nitrogens is 2. The van der Waals surface area contributed by atoms with Gasteiger partial charge in [-0.25, -0.2) is 9.97 Å². The lowest BCUT2D eigenvalue weighted by atomic mass is 10.1. The predicted octanol–water partition coefficient (Wildman–Crippen LogP) is 3.65. The highest BCUT2D eigenvalue weighted by Gasteiger charge is 2.04. The van der Waals surface area contributed by atoms with E-state index in [0.29, 0.717) is 6.01 Å². The molecule has 0 aliphatic carbocycles. The average molecular weight is 279 g/mol. The van der Waals surface area contributed by atoms with Crippen LogP contribution in [0.15, 0.2) is 35.1 Å². The van der Waals surface area contributed by atoms with Gasteiger partial charge in [-0.05, 0) is 43.2 Å². The summed E-state index contributed by atoms with van der Waals surface area (Å²) < 4.78 is 6.66. The van der Waals surface area contributed by atoms with Crippen molar-refractivity contribution in [3.05, 3.63) is 46.2 Å². The molecule has 1 heterocycles. The van der Waals surface area contributed by atoms with Gasteiger partial charge in [-0.3, -0.25) is 0 Å². The number of rotatable bonds is 2. The third-order valence-corrected chi connectivity index (χ3v) is 3.41. The first kappa shape index (κ1) is 11.1. The Hall–Kier alpha value is -1.42. The molecule has 0 unspecified atom stereocenters. The SMILES string of the molecule is Cc1cc(Oc2ncccn2)cc(C)c1Br. The minimum atomic E-state index is 0.364. The summed E-state index contributed by atoms with van der Waals surface area (Å²) in [5.74, 6) is 0.754. The summed E-state index contributed by atoms with van der Waals surface area (Å²) in [4.78, 5) is 8.02. The highest BCUT2D eigenvalue weighted by Crippen LogP contribution is 2.28. The van der Waals surface area contributed by atoms with E-state index in [2.05, 4.69) is 25.9 Å². The second kappa shape index (κ2) is 4.61. The van der Waals surface area contributed by atoms with Crippen LogP contribution in [0.25, 0.3) is 0 Å². The van der Waals surface area contributed by atoms with E-state index < -0.39 is 0 Å². The van der Waals surface area contributed by atoms with E-state index in [0.717, 1.165) is 21.3 Å². The van der Waals surface area contributed by atoms with Crippen LogP contribution in [0, 0.1) is 13.8 Å². The van der Waals surface area contributed by atoms with Gasteiger partial charge in [0.15, 0.2) is 0 Å². The molecule has 0 aliphatic heterocycles. The molecule has 0 aliphatic rings. The van der Waals surface area contributed by atoms with E-state index >= 15 is 0 Å². The van der Waals surface area contributed by atoms with Crippen molar-refractivity contribution in [2.45, 2.75) is 13.8 Å². The molecule has 0 N–H and O–H groups in total. The molecular weight excluding hydrogens is 268 g/mol. The highest BCUT2D eigenvalue weighted by atomic mass is 79.9. The maximum Gasteiger partial charge on any atom is 0.321 e. The van der Waals surface area contributed by atoms with E-state index in [1.807, 2.05) is 26.0 Å². The molecule has 0 radical (unpaired) electrons. The minimum Gasteiger partial charge on any atom is -0.424 e. The van der Waals surface area contributed by atoms with Gasteiger partial charge in [0.1, 0.15) is 5.75 Å². The zero-order valence-electron chi connectivity index (χ0n) is 9.07. The van der Waals surface area contributed by atoms with Crippen LogP contribution in [0.2, 0.25) is 0 Å². The Labute approximate surface area is 103 Å². The maximum absolute atomic E-state index is 5.55. The second-order valence-electron chi connectivity index (χ2n) is 3.50. The topological polar surface area (TPSA) is 35.0 Å². The maximum atomic E-state index is 5.55. The van der Waals surface area contributed by atoms with Crippen LogP contribution >= 0.6 is 15.9 Å². The van der Waals surface area contributed by atoms with Gasteiger partial charge in [-0.15, -0.1) is 0 Å². The summed E-state index contributed by atoms with van der Waals surface area (Å²) in [5.41, 5.74) is 2.26. The largest absolute Gasteiger partial charge is 0.424 e. The first-order valence-electron chi connectivity index (χ1n) is 4.88. The van der Waals surface area contributed by atoms with Gasteiger partial charge >= 0.3 is 6.01 Å². The molecule has 82 valence electrons. The molecule has 0 spiro atoms. The van der Waals surface area contributed by atoms with Crippen molar-refractivity contribution in [3.8, 4) is 11.8 Å². The fourth-order valence-corrected chi connectivity index (χ4v) is 1.64. The van der Waals surface area contributed by atoms with E-state index in [-0.39, 0.29) is 0 Å². The number of ether oxygens (including phenoxy) is 1. The number of hydrogen-bond acceptors (Lipinski definition) is 3. The Kier molecular flexibility index (Phi) is 3.19. The third kappa shape index (κ3) is 2.39. The molecule has 0 fully saturated rings. The lowest BCUT2D eigenvalue weighted by molar-refractivity contribution is 0.441. The van der Waals surface area contributed by atoms with Gasteiger partial charge in [-0.1, -0.05) is 15.9 Å². The van der Waals surface area contributed by atoms with E-state index in [9.17, 15) is 0 Å². The minimum absolute atomic E-state index is 0.364. The van der Waals surface area contributed by atoms with Crippen molar-refractivity contribution in [3.63, 3.8) is 0 Å². The van der Waals surface area contributed by atoms with Crippen LogP contribution in [-0.4, -0.2) is 9.97 Å². The Morgan fingerprint density at radius 1 is 1.06 bits per heavy atom. The van der Waals surface area contributed by atoms with Crippen molar-refractivity contribution in [1.82, 2.24) is 9.97 Å². The Morgan fingerprint density at radius 3 is 2.19 bits per heavy atom. The molecule has 0 saturated carbocycles. The van der Waals surface area contributed by atoms with Crippen molar-refractivity contribution >= 4 is 15.9 Å². The summed E-state index contributed by atoms with van der Waals surface area (Å²) in [5, 5.41) is 0. The smallest absolute Gasteiger partial charge is 0.321 e. The van der Waals surface area contributed by atoms with E-state index in [4.69, 9.17) is 4.74 Å². The van der Waals surface area contributed by atoms with Gasteiger partial charge in [0, 0.05) is 16.9 Å². The van der Waals surface area contributed by atoms with Crippen LogP contribution < -0.4 is 4.74 Å². The van der Waals surface area contributed by atoms with Gasteiger partial charge in [0.25, 0.3) is 0 Å². The Morgan fingerprint density at radius 2 is 1.62 bits per heavy atom. The average Bonchev–Trinajstić information content (AvgIpc) is 2.27. The number of halogens is 1. The van der Waals surface area contributed by atoms with Crippen molar-refractivity contribution in [1.29, 1.82) is 0 Å². The molecule has 0 atom stereocenters. The molecule has 2 rings (SSSR count). The molecule has 0 saturated heterocycles. The zero-order chi connectivity index (χ0) is 11.5.